The maximum absolute atomic E-state index is 13.0. The van der Waals surface area contributed by atoms with E-state index in [2.05, 4.69) is 10.1 Å². The third kappa shape index (κ3) is 4.27. The molecule has 1 saturated heterocycles. The van der Waals surface area contributed by atoms with E-state index in [1.54, 1.807) is 37.8 Å². The minimum Gasteiger partial charge on any atom is -0.481 e. The molecule has 1 aromatic heterocycles. The molecule has 0 aliphatic carbocycles. The first kappa shape index (κ1) is 18.9. The Bertz CT molecular complexity index is 838. The summed E-state index contributed by atoms with van der Waals surface area (Å²) < 4.78 is 10.6. The van der Waals surface area contributed by atoms with Crippen LogP contribution in [0.4, 0.5) is 0 Å². The number of amides is 1. The van der Waals surface area contributed by atoms with Gasteiger partial charge in [0.1, 0.15) is 5.75 Å². The molecular formula is C19H23N3O5. The third-order valence-electron chi connectivity index (χ3n) is 4.65. The number of likely N-dealkylation sites (tertiary alicyclic amines) is 1. The smallest absolute Gasteiger partial charge is 0.341 e. The summed E-state index contributed by atoms with van der Waals surface area (Å²) in [6.45, 7) is 6.20. The van der Waals surface area contributed by atoms with Gasteiger partial charge in [0.15, 0.2) is 12.4 Å². The second-order valence-electron chi connectivity index (χ2n) is 6.89. The highest BCUT2D eigenvalue weighted by molar-refractivity contribution is 5.95. The van der Waals surface area contributed by atoms with Gasteiger partial charge in [0.25, 0.3) is 5.91 Å². The van der Waals surface area contributed by atoms with E-state index in [1.807, 2.05) is 0 Å². The van der Waals surface area contributed by atoms with Gasteiger partial charge in [-0.3, -0.25) is 4.79 Å². The summed E-state index contributed by atoms with van der Waals surface area (Å²) in [6, 6.07) is 3.49. The fraction of sp³-hybridized carbons (Fsp3) is 0.474. The Hall–Kier alpha value is -2.90. The van der Waals surface area contributed by atoms with Crippen LogP contribution in [-0.2, 0) is 4.79 Å². The first-order valence-corrected chi connectivity index (χ1v) is 8.90. The second kappa shape index (κ2) is 7.77. The van der Waals surface area contributed by atoms with Gasteiger partial charge >= 0.3 is 5.97 Å². The SMILES string of the molecule is Cc1noc(C2CCCN(C(=O)c3cc(C)c(OCC(=O)O)c(C)c3)C2)n1. The number of hydrogen-bond acceptors (Lipinski definition) is 6. The normalized spacial score (nSPS) is 17.0. The summed E-state index contributed by atoms with van der Waals surface area (Å²) in [6.07, 6.45) is 1.78. The summed E-state index contributed by atoms with van der Waals surface area (Å²) in [7, 11) is 0. The minimum absolute atomic E-state index is 0.0456. The molecule has 1 atom stereocenters. The van der Waals surface area contributed by atoms with E-state index in [0.717, 1.165) is 24.0 Å². The van der Waals surface area contributed by atoms with Crippen LogP contribution in [0.5, 0.6) is 5.75 Å². The van der Waals surface area contributed by atoms with Crippen LogP contribution in [0.1, 0.15) is 52.0 Å². The van der Waals surface area contributed by atoms with Gasteiger partial charge in [-0.05, 0) is 56.9 Å². The van der Waals surface area contributed by atoms with Crippen molar-refractivity contribution in [2.24, 2.45) is 0 Å². The van der Waals surface area contributed by atoms with Crippen molar-refractivity contribution in [1.29, 1.82) is 0 Å². The topological polar surface area (TPSA) is 106 Å². The van der Waals surface area contributed by atoms with E-state index in [9.17, 15) is 9.59 Å². The van der Waals surface area contributed by atoms with Crippen LogP contribution >= 0.6 is 0 Å². The Morgan fingerprint density at radius 1 is 1.30 bits per heavy atom. The van der Waals surface area contributed by atoms with Crippen molar-refractivity contribution in [3.8, 4) is 5.75 Å². The molecule has 1 aromatic carbocycles. The monoisotopic (exact) mass is 373 g/mol. The van der Waals surface area contributed by atoms with Crippen LogP contribution in [0.15, 0.2) is 16.7 Å². The molecule has 8 nitrogen and oxygen atoms in total. The predicted molar refractivity (Wildman–Crippen MR) is 96.0 cm³/mol. The third-order valence-corrected chi connectivity index (χ3v) is 4.65. The Labute approximate surface area is 157 Å². The van der Waals surface area contributed by atoms with Crippen molar-refractivity contribution in [2.75, 3.05) is 19.7 Å². The summed E-state index contributed by atoms with van der Waals surface area (Å²) in [4.78, 5) is 29.8. The summed E-state index contributed by atoms with van der Waals surface area (Å²) in [5.74, 6) is 0.624. The molecule has 0 radical (unpaired) electrons. The zero-order chi connectivity index (χ0) is 19.6. The van der Waals surface area contributed by atoms with Gasteiger partial charge in [0.05, 0.1) is 5.92 Å². The number of ether oxygens (including phenoxy) is 1. The second-order valence-corrected chi connectivity index (χ2v) is 6.89. The molecule has 0 spiro atoms. The summed E-state index contributed by atoms with van der Waals surface area (Å²) in [5.41, 5.74) is 2.04. The number of carboxylic acids is 1. The Balaban J connectivity index is 1.75. The summed E-state index contributed by atoms with van der Waals surface area (Å²) in [5, 5.41) is 12.6. The van der Waals surface area contributed by atoms with E-state index in [4.69, 9.17) is 14.4 Å². The molecule has 1 amide bonds. The lowest BCUT2D eigenvalue weighted by Gasteiger charge is -2.31. The number of carboxylic acid groups (broad SMARTS) is 1. The van der Waals surface area contributed by atoms with Gasteiger partial charge in [-0.1, -0.05) is 5.16 Å². The highest BCUT2D eigenvalue weighted by Crippen LogP contribution is 2.29. The van der Waals surface area contributed by atoms with Crippen LogP contribution in [0, 0.1) is 20.8 Å². The lowest BCUT2D eigenvalue weighted by molar-refractivity contribution is -0.139. The molecule has 1 unspecified atom stereocenters. The summed E-state index contributed by atoms with van der Waals surface area (Å²) >= 11 is 0. The van der Waals surface area contributed by atoms with Crippen molar-refractivity contribution in [3.05, 3.63) is 40.5 Å². The first-order valence-electron chi connectivity index (χ1n) is 8.90. The number of piperidine rings is 1. The van der Waals surface area contributed by atoms with E-state index in [-0.39, 0.29) is 11.8 Å². The van der Waals surface area contributed by atoms with E-state index in [1.165, 1.54) is 0 Å². The number of aliphatic carboxylic acids is 1. The minimum atomic E-state index is -1.04. The zero-order valence-corrected chi connectivity index (χ0v) is 15.7. The van der Waals surface area contributed by atoms with Gasteiger partial charge in [-0.2, -0.15) is 4.98 Å². The van der Waals surface area contributed by atoms with Crippen molar-refractivity contribution in [2.45, 2.75) is 39.5 Å². The fourth-order valence-electron chi connectivity index (χ4n) is 3.46. The molecule has 2 heterocycles. The lowest BCUT2D eigenvalue weighted by atomic mass is 9.96. The largest absolute Gasteiger partial charge is 0.481 e. The number of rotatable bonds is 5. The van der Waals surface area contributed by atoms with Crippen LogP contribution in [0.2, 0.25) is 0 Å². The average Bonchev–Trinajstić information content (AvgIpc) is 3.06. The number of aryl methyl sites for hydroxylation is 3. The molecule has 144 valence electrons. The van der Waals surface area contributed by atoms with Gasteiger partial charge in [-0.25, -0.2) is 4.79 Å². The van der Waals surface area contributed by atoms with Gasteiger partial charge in [0.2, 0.25) is 5.89 Å². The highest BCUT2D eigenvalue weighted by atomic mass is 16.5. The Morgan fingerprint density at radius 2 is 2.00 bits per heavy atom. The van der Waals surface area contributed by atoms with Crippen LogP contribution in [0.3, 0.4) is 0 Å². The van der Waals surface area contributed by atoms with Gasteiger partial charge in [-0.15, -0.1) is 0 Å². The molecular weight excluding hydrogens is 350 g/mol. The van der Waals surface area contributed by atoms with E-state index < -0.39 is 12.6 Å². The fourth-order valence-corrected chi connectivity index (χ4v) is 3.46. The van der Waals surface area contributed by atoms with Gasteiger partial charge < -0.3 is 19.3 Å². The number of benzene rings is 1. The van der Waals surface area contributed by atoms with Crippen molar-refractivity contribution in [1.82, 2.24) is 15.0 Å². The van der Waals surface area contributed by atoms with Crippen LogP contribution < -0.4 is 4.74 Å². The first-order chi connectivity index (χ1) is 12.8. The van der Waals surface area contributed by atoms with Crippen molar-refractivity contribution < 1.29 is 24.0 Å². The molecule has 8 heteroatoms. The number of hydrogen-bond donors (Lipinski definition) is 1. The Kier molecular flexibility index (Phi) is 5.43. The molecule has 1 aliphatic heterocycles. The zero-order valence-electron chi connectivity index (χ0n) is 15.7. The molecule has 27 heavy (non-hydrogen) atoms. The van der Waals surface area contributed by atoms with Crippen LogP contribution in [0.25, 0.3) is 0 Å². The quantitative estimate of drug-likeness (QED) is 0.858. The molecule has 1 aliphatic rings. The van der Waals surface area contributed by atoms with E-state index in [0.29, 0.717) is 36.1 Å². The maximum atomic E-state index is 13.0. The lowest BCUT2D eigenvalue weighted by Crippen LogP contribution is -2.39. The highest BCUT2D eigenvalue weighted by Gasteiger charge is 2.29. The predicted octanol–water partition coefficient (Wildman–Crippen LogP) is 2.48. The maximum Gasteiger partial charge on any atom is 0.341 e. The van der Waals surface area contributed by atoms with E-state index >= 15 is 0 Å². The molecule has 2 aromatic rings. The average molecular weight is 373 g/mol. The number of aromatic nitrogens is 2. The molecule has 1 N–H and O–H groups in total. The van der Waals surface area contributed by atoms with Gasteiger partial charge in [0, 0.05) is 18.7 Å². The van der Waals surface area contributed by atoms with Crippen molar-refractivity contribution in [3.63, 3.8) is 0 Å². The number of carbonyl (C=O) groups excluding carboxylic acids is 1. The van der Waals surface area contributed by atoms with Crippen LogP contribution in [-0.4, -0.2) is 51.7 Å². The molecule has 3 rings (SSSR count). The molecule has 0 saturated carbocycles. The van der Waals surface area contributed by atoms with Crippen molar-refractivity contribution >= 4 is 11.9 Å². The Morgan fingerprint density at radius 3 is 2.59 bits per heavy atom. The molecule has 1 fully saturated rings. The molecule has 0 bridgehead atoms. The standard InChI is InChI=1S/C19H23N3O5/c1-11-7-15(8-12(2)17(11)26-10-16(23)24)19(25)22-6-4-5-14(9-22)18-20-13(3)21-27-18/h7-8,14H,4-6,9-10H2,1-3H3,(H,23,24). The number of carbonyl (C=O) groups is 2. The number of nitrogens with zero attached hydrogens (tertiary/aromatic N) is 3.